The SMILES string of the molecule is CCn1nc(C(=O)O)cc1-c1c(C)cc(C)cc1C. The fraction of sp³-hybridized carbons (Fsp3) is 0.333. The molecule has 0 bridgehead atoms. The number of hydrogen-bond acceptors (Lipinski definition) is 2. The van der Waals surface area contributed by atoms with Crippen molar-refractivity contribution in [1.29, 1.82) is 0 Å². The number of hydrogen-bond donors (Lipinski definition) is 1. The third-order valence-electron chi connectivity index (χ3n) is 3.23. The smallest absolute Gasteiger partial charge is 0.356 e. The molecule has 4 nitrogen and oxygen atoms in total. The molecule has 2 aromatic rings. The van der Waals surface area contributed by atoms with E-state index in [4.69, 9.17) is 5.11 Å². The molecule has 0 saturated carbocycles. The first kappa shape index (κ1) is 13.3. The molecule has 1 aromatic heterocycles. The summed E-state index contributed by atoms with van der Waals surface area (Å²) in [5.74, 6) is -0.990. The molecule has 1 aromatic carbocycles. The molecule has 1 heterocycles. The Kier molecular flexibility index (Phi) is 3.42. The minimum absolute atomic E-state index is 0.0937. The Hall–Kier alpha value is -2.10. The van der Waals surface area contributed by atoms with Crippen LogP contribution in [0.25, 0.3) is 11.3 Å². The van der Waals surface area contributed by atoms with E-state index in [-0.39, 0.29) is 5.69 Å². The number of carboxylic acids is 1. The monoisotopic (exact) mass is 258 g/mol. The summed E-state index contributed by atoms with van der Waals surface area (Å²) in [6.45, 7) is 8.76. The van der Waals surface area contributed by atoms with Gasteiger partial charge in [-0.15, -0.1) is 0 Å². The van der Waals surface area contributed by atoms with Crippen LogP contribution in [-0.4, -0.2) is 20.9 Å². The molecule has 0 radical (unpaired) electrons. The molecule has 0 saturated heterocycles. The molecule has 0 spiro atoms. The summed E-state index contributed by atoms with van der Waals surface area (Å²) >= 11 is 0. The number of aromatic nitrogens is 2. The lowest BCUT2D eigenvalue weighted by atomic mass is 9.97. The Bertz CT molecular complexity index is 619. The standard InChI is InChI=1S/C15H18N2O2/c1-5-17-13(8-12(16-17)15(18)19)14-10(3)6-9(2)7-11(14)4/h6-8H,5H2,1-4H3,(H,18,19). The van der Waals surface area contributed by atoms with Crippen molar-refractivity contribution >= 4 is 5.97 Å². The zero-order valence-corrected chi connectivity index (χ0v) is 11.7. The van der Waals surface area contributed by atoms with E-state index in [1.54, 1.807) is 10.7 Å². The molecule has 0 fully saturated rings. The van der Waals surface area contributed by atoms with Crippen LogP contribution in [-0.2, 0) is 6.54 Å². The van der Waals surface area contributed by atoms with Gasteiger partial charge < -0.3 is 5.11 Å². The molecule has 100 valence electrons. The molecule has 0 atom stereocenters. The predicted octanol–water partition coefficient (Wildman–Crippen LogP) is 3.19. The Labute approximate surface area is 112 Å². The summed E-state index contributed by atoms with van der Waals surface area (Å²) in [6.07, 6.45) is 0. The van der Waals surface area contributed by atoms with Gasteiger partial charge in [0.1, 0.15) is 0 Å². The minimum atomic E-state index is -0.990. The Morgan fingerprint density at radius 3 is 2.26 bits per heavy atom. The summed E-state index contributed by atoms with van der Waals surface area (Å²) in [4.78, 5) is 11.1. The van der Waals surface area contributed by atoms with Gasteiger partial charge in [0.2, 0.25) is 0 Å². The highest BCUT2D eigenvalue weighted by Gasteiger charge is 2.16. The highest BCUT2D eigenvalue weighted by molar-refractivity contribution is 5.87. The number of carbonyl (C=O) groups is 1. The average molecular weight is 258 g/mol. The van der Waals surface area contributed by atoms with Gasteiger partial charge in [0, 0.05) is 12.1 Å². The highest BCUT2D eigenvalue weighted by atomic mass is 16.4. The molecule has 1 N–H and O–H groups in total. The van der Waals surface area contributed by atoms with Gasteiger partial charge in [-0.25, -0.2) is 4.79 Å². The maximum atomic E-state index is 11.1. The van der Waals surface area contributed by atoms with Crippen LogP contribution in [0.2, 0.25) is 0 Å². The normalized spacial score (nSPS) is 10.7. The van der Waals surface area contributed by atoms with Crippen molar-refractivity contribution in [2.24, 2.45) is 0 Å². The highest BCUT2D eigenvalue weighted by Crippen LogP contribution is 2.29. The summed E-state index contributed by atoms with van der Waals surface area (Å²) in [6, 6.07) is 5.86. The lowest BCUT2D eigenvalue weighted by molar-refractivity contribution is 0.0689. The summed E-state index contributed by atoms with van der Waals surface area (Å²) in [5.41, 5.74) is 5.53. The Morgan fingerprint density at radius 1 is 1.21 bits per heavy atom. The number of rotatable bonds is 3. The lowest BCUT2D eigenvalue weighted by Crippen LogP contribution is -2.03. The van der Waals surface area contributed by atoms with Crippen molar-refractivity contribution in [3.63, 3.8) is 0 Å². The molecular formula is C15H18N2O2. The second kappa shape index (κ2) is 4.88. The van der Waals surface area contributed by atoms with E-state index in [1.165, 1.54) is 5.56 Å². The number of aromatic carboxylic acids is 1. The van der Waals surface area contributed by atoms with E-state index in [0.29, 0.717) is 6.54 Å². The van der Waals surface area contributed by atoms with Gasteiger partial charge in [-0.2, -0.15) is 5.10 Å². The summed E-state index contributed by atoms with van der Waals surface area (Å²) in [5, 5.41) is 13.2. The van der Waals surface area contributed by atoms with Crippen molar-refractivity contribution in [1.82, 2.24) is 9.78 Å². The van der Waals surface area contributed by atoms with Gasteiger partial charge in [-0.05, 0) is 44.9 Å². The van der Waals surface area contributed by atoms with Crippen LogP contribution in [0.5, 0.6) is 0 Å². The van der Waals surface area contributed by atoms with Crippen molar-refractivity contribution < 1.29 is 9.90 Å². The van der Waals surface area contributed by atoms with Gasteiger partial charge in [0.15, 0.2) is 5.69 Å². The lowest BCUT2D eigenvalue weighted by Gasteiger charge is -2.12. The summed E-state index contributed by atoms with van der Waals surface area (Å²) < 4.78 is 1.74. The van der Waals surface area contributed by atoms with E-state index < -0.39 is 5.97 Å². The van der Waals surface area contributed by atoms with Crippen LogP contribution in [0.4, 0.5) is 0 Å². The summed E-state index contributed by atoms with van der Waals surface area (Å²) in [7, 11) is 0. The number of carboxylic acid groups (broad SMARTS) is 1. The quantitative estimate of drug-likeness (QED) is 0.919. The third-order valence-corrected chi connectivity index (χ3v) is 3.23. The van der Waals surface area contributed by atoms with Crippen LogP contribution in [0.3, 0.4) is 0 Å². The first-order valence-electron chi connectivity index (χ1n) is 6.33. The molecule has 4 heteroatoms. The zero-order valence-electron chi connectivity index (χ0n) is 11.7. The molecule has 0 aliphatic rings. The molecule has 0 aliphatic heterocycles. The van der Waals surface area contributed by atoms with Gasteiger partial charge >= 0.3 is 5.97 Å². The molecule has 0 unspecified atom stereocenters. The zero-order chi connectivity index (χ0) is 14.2. The van der Waals surface area contributed by atoms with Crippen LogP contribution >= 0.6 is 0 Å². The largest absolute Gasteiger partial charge is 0.476 e. The number of benzene rings is 1. The number of aryl methyl sites for hydroxylation is 4. The molecule has 0 aliphatic carbocycles. The van der Waals surface area contributed by atoms with Crippen molar-refractivity contribution in [2.45, 2.75) is 34.2 Å². The second-order valence-corrected chi connectivity index (χ2v) is 4.81. The molecule has 2 rings (SSSR count). The van der Waals surface area contributed by atoms with Crippen molar-refractivity contribution in [3.05, 3.63) is 40.6 Å². The van der Waals surface area contributed by atoms with E-state index in [2.05, 4.69) is 24.2 Å². The topological polar surface area (TPSA) is 55.1 Å². The van der Waals surface area contributed by atoms with Crippen molar-refractivity contribution in [3.8, 4) is 11.3 Å². The van der Waals surface area contributed by atoms with Gasteiger partial charge in [0.25, 0.3) is 0 Å². The van der Waals surface area contributed by atoms with Crippen LogP contribution in [0.15, 0.2) is 18.2 Å². The third kappa shape index (κ3) is 2.38. The average Bonchev–Trinajstić information content (AvgIpc) is 2.71. The Morgan fingerprint density at radius 2 is 1.79 bits per heavy atom. The van der Waals surface area contributed by atoms with E-state index in [1.807, 2.05) is 20.8 Å². The first-order valence-corrected chi connectivity index (χ1v) is 6.33. The first-order chi connectivity index (χ1) is 8.93. The van der Waals surface area contributed by atoms with E-state index in [0.717, 1.165) is 22.4 Å². The van der Waals surface area contributed by atoms with Crippen LogP contribution in [0.1, 0.15) is 34.1 Å². The maximum absolute atomic E-state index is 11.1. The van der Waals surface area contributed by atoms with Gasteiger partial charge in [-0.1, -0.05) is 17.7 Å². The Balaban J connectivity index is 2.68. The number of nitrogens with zero attached hydrogens (tertiary/aromatic N) is 2. The van der Waals surface area contributed by atoms with Gasteiger partial charge in [-0.3, -0.25) is 4.68 Å². The van der Waals surface area contributed by atoms with Gasteiger partial charge in [0.05, 0.1) is 5.69 Å². The molecular weight excluding hydrogens is 240 g/mol. The maximum Gasteiger partial charge on any atom is 0.356 e. The van der Waals surface area contributed by atoms with E-state index in [9.17, 15) is 4.79 Å². The predicted molar refractivity (Wildman–Crippen MR) is 74.5 cm³/mol. The van der Waals surface area contributed by atoms with Crippen LogP contribution < -0.4 is 0 Å². The van der Waals surface area contributed by atoms with E-state index >= 15 is 0 Å². The fourth-order valence-corrected chi connectivity index (χ4v) is 2.55. The minimum Gasteiger partial charge on any atom is -0.476 e. The fourth-order valence-electron chi connectivity index (χ4n) is 2.55. The second-order valence-electron chi connectivity index (χ2n) is 4.81. The molecule has 0 amide bonds. The van der Waals surface area contributed by atoms with Crippen molar-refractivity contribution in [2.75, 3.05) is 0 Å². The molecule has 19 heavy (non-hydrogen) atoms. The van der Waals surface area contributed by atoms with Crippen LogP contribution in [0, 0.1) is 20.8 Å².